The maximum absolute atomic E-state index is 12.6. The number of anilines is 1. The first kappa shape index (κ1) is 16.4. The van der Waals surface area contributed by atoms with E-state index in [1.165, 1.54) is 33.4 Å². The summed E-state index contributed by atoms with van der Waals surface area (Å²) in [5.74, 6) is 0.0904. The van der Waals surface area contributed by atoms with Crippen LogP contribution in [-0.4, -0.2) is 60.1 Å². The minimum atomic E-state index is -3.73. The van der Waals surface area contributed by atoms with Gasteiger partial charge in [0.15, 0.2) is 0 Å². The third kappa shape index (κ3) is 2.97. The van der Waals surface area contributed by atoms with E-state index in [0.29, 0.717) is 11.6 Å². The van der Waals surface area contributed by atoms with E-state index in [0.717, 1.165) is 0 Å². The molecule has 0 N–H and O–H groups in total. The van der Waals surface area contributed by atoms with Gasteiger partial charge in [-0.2, -0.15) is 9.40 Å². The molecule has 1 saturated heterocycles. The average molecular weight is 351 g/mol. The van der Waals surface area contributed by atoms with Gasteiger partial charge in [0.25, 0.3) is 0 Å². The molecule has 1 aliphatic heterocycles. The van der Waals surface area contributed by atoms with Crippen molar-refractivity contribution in [3.8, 4) is 5.88 Å². The van der Waals surface area contributed by atoms with E-state index in [2.05, 4.69) is 10.1 Å². The summed E-state index contributed by atoms with van der Waals surface area (Å²) < 4.78 is 32.8. The molecule has 10 heteroatoms. The SMILES string of the molecule is COc1cc(N2CCN(S(=O)(=O)c3cnn(C)c3)CC2=O)ccn1. The zero-order valence-corrected chi connectivity index (χ0v) is 14.1. The highest BCUT2D eigenvalue weighted by atomic mass is 32.2. The lowest BCUT2D eigenvalue weighted by molar-refractivity contribution is -0.119. The molecule has 0 spiro atoms. The van der Waals surface area contributed by atoms with Crippen molar-refractivity contribution in [1.29, 1.82) is 0 Å². The number of nitrogens with zero attached hydrogens (tertiary/aromatic N) is 5. The molecule has 1 amide bonds. The second kappa shape index (κ2) is 6.21. The number of amides is 1. The molecule has 0 unspecified atom stereocenters. The number of carbonyl (C=O) groups excluding carboxylic acids is 1. The molecule has 9 nitrogen and oxygen atoms in total. The molecule has 128 valence electrons. The second-order valence-corrected chi connectivity index (χ2v) is 7.23. The van der Waals surface area contributed by atoms with Crippen LogP contribution >= 0.6 is 0 Å². The van der Waals surface area contributed by atoms with Crippen LogP contribution in [0, 0.1) is 0 Å². The first-order valence-electron chi connectivity index (χ1n) is 7.21. The zero-order valence-electron chi connectivity index (χ0n) is 13.3. The highest BCUT2D eigenvalue weighted by Gasteiger charge is 2.34. The van der Waals surface area contributed by atoms with Crippen LogP contribution in [0.5, 0.6) is 5.88 Å². The van der Waals surface area contributed by atoms with Gasteiger partial charge in [0, 0.05) is 38.6 Å². The van der Waals surface area contributed by atoms with E-state index in [9.17, 15) is 13.2 Å². The largest absolute Gasteiger partial charge is 0.481 e. The first-order valence-corrected chi connectivity index (χ1v) is 8.65. The van der Waals surface area contributed by atoms with E-state index in [1.807, 2.05) is 0 Å². The van der Waals surface area contributed by atoms with Crippen LogP contribution in [0.2, 0.25) is 0 Å². The molecule has 0 saturated carbocycles. The summed E-state index contributed by atoms with van der Waals surface area (Å²) in [5.41, 5.74) is 0.630. The van der Waals surface area contributed by atoms with Gasteiger partial charge in [0.2, 0.25) is 21.8 Å². The van der Waals surface area contributed by atoms with Gasteiger partial charge in [-0.1, -0.05) is 0 Å². The number of sulfonamides is 1. The average Bonchev–Trinajstić information content (AvgIpc) is 3.02. The smallest absolute Gasteiger partial charge is 0.246 e. The molecular weight excluding hydrogens is 334 g/mol. The van der Waals surface area contributed by atoms with Gasteiger partial charge in [-0.05, 0) is 6.07 Å². The zero-order chi connectivity index (χ0) is 17.3. The minimum Gasteiger partial charge on any atom is -0.481 e. The van der Waals surface area contributed by atoms with Gasteiger partial charge in [-0.3, -0.25) is 9.48 Å². The Labute approximate surface area is 139 Å². The number of piperazine rings is 1. The third-order valence-electron chi connectivity index (χ3n) is 3.74. The number of ether oxygens (including phenoxy) is 1. The fourth-order valence-electron chi connectivity index (χ4n) is 2.49. The summed E-state index contributed by atoms with van der Waals surface area (Å²) in [6.45, 7) is 0.237. The molecule has 0 aliphatic carbocycles. The number of rotatable bonds is 4. The number of hydrogen-bond donors (Lipinski definition) is 0. The van der Waals surface area contributed by atoms with Crippen molar-refractivity contribution >= 4 is 21.6 Å². The normalized spacial score (nSPS) is 16.4. The summed E-state index contributed by atoms with van der Waals surface area (Å²) >= 11 is 0. The van der Waals surface area contributed by atoms with Gasteiger partial charge >= 0.3 is 0 Å². The van der Waals surface area contributed by atoms with E-state index in [4.69, 9.17) is 4.74 Å². The van der Waals surface area contributed by atoms with Crippen molar-refractivity contribution in [2.45, 2.75) is 4.90 Å². The van der Waals surface area contributed by atoms with Crippen molar-refractivity contribution in [1.82, 2.24) is 19.1 Å². The number of aryl methyl sites for hydroxylation is 1. The molecule has 3 heterocycles. The lowest BCUT2D eigenvalue weighted by atomic mass is 10.3. The van der Waals surface area contributed by atoms with Gasteiger partial charge in [0.05, 0.1) is 25.5 Å². The van der Waals surface area contributed by atoms with Crippen LogP contribution in [-0.2, 0) is 21.9 Å². The molecule has 1 aliphatic rings. The first-order chi connectivity index (χ1) is 11.4. The molecule has 2 aromatic rings. The summed E-state index contributed by atoms with van der Waals surface area (Å²) in [7, 11) is -0.597. The standard InChI is InChI=1S/C14H17N5O4S/c1-17-9-12(8-16-17)24(21,22)18-5-6-19(14(20)10-18)11-3-4-15-13(7-11)23-2/h3-4,7-9H,5-6,10H2,1-2H3. The van der Waals surface area contributed by atoms with E-state index in [1.54, 1.807) is 25.4 Å². The van der Waals surface area contributed by atoms with Gasteiger partial charge in [-0.25, -0.2) is 13.4 Å². The van der Waals surface area contributed by atoms with Crippen molar-refractivity contribution in [2.75, 3.05) is 31.6 Å². The van der Waals surface area contributed by atoms with Crippen molar-refractivity contribution in [3.63, 3.8) is 0 Å². The fourth-order valence-corrected chi connectivity index (χ4v) is 3.86. The Balaban J connectivity index is 1.79. The maximum Gasteiger partial charge on any atom is 0.246 e. The molecule has 0 bridgehead atoms. The molecule has 0 atom stereocenters. The molecule has 1 fully saturated rings. The van der Waals surface area contributed by atoms with E-state index < -0.39 is 10.0 Å². The summed E-state index contributed by atoms with van der Waals surface area (Å²) in [5, 5.41) is 3.87. The van der Waals surface area contributed by atoms with Crippen LogP contribution in [0.25, 0.3) is 0 Å². The monoisotopic (exact) mass is 351 g/mol. The predicted octanol–water partition coefficient (Wildman–Crippen LogP) is -0.139. The topological polar surface area (TPSA) is 97.6 Å². The van der Waals surface area contributed by atoms with Crippen molar-refractivity contribution < 1.29 is 17.9 Å². The Morgan fingerprint density at radius 1 is 1.29 bits per heavy atom. The number of aromatic nitrogens is 3. The van der Waals surface area contributed by atoms with Crippen molar-refractivity contribution in [3.05, 3.63) is 30.7 Å². The summed E-state index contributed by atoms with van der Waals surface area (Å²) in [6.07, 6.45) is 4.24. The molecular formula is C14H17N5O4S. The van der Waals surface area contributed by atoms with Crippen molar-refractivity contribution in [2.24, 2.45) is 7.05 Å². The molecule has 24 heavy (non-hydrogen) atoms. The van der Waals surface area contributed by atoms with Crippen LogP contribution in [0.3, 0.4) is 0 Å². The quantitative estimate of drug-likeness (QED) is 0.761. The third-order valence-corrected chi connectivity index (χ3v) is 5.54. The maximum atomic E-state index is 12.6. The van der Waals surface area contributed by atoms with Crippen LogP contribution in [0.15, 0.2) is 35.6 Å². The Hall–Kier alpha value is -2.46. The Morgan fingerprint density at radius 3 is 2.71 bits per heavy atom. The highest BCUT2D eigenvalue weighted by molar-refractivity contribution is 7.89. The predicted molar refractivity (Wildman–Crippen MR) is 85.1 cm³/mol. The molecule has 2 aromatic heterocycles. The Morgan fingerprint density at radius 2 is 2.08 bits per heavy atom. The molecule has 0 aromatic carbocycles. The lowest BCUT2D eigenvalue weighted by Gasteiger charge is -2.33. The van der Waals surface area contributed by atoms with Crippen LogP contribution < -0.4 is 9.64 Å². The van der Waals surface area contributed by atoms with Crippen LogP contribution in [0.1, 0.15) is 0 Å². The number of hydrogen-bond acceptors (Lipinski definition) is 6. The van der Waals surface area contributed by atoms with Crippen LogP contribution in [0.4, 0.5) is 5.69 Å². The van der Waals surface area contributed by atoms with Gasteiger partial charge in [-0.15, -0.1) is 0 Å². The Bertz CT molecular complexity index is 864. The minimum absolute atomic E-state index is 0.0804. The fraction of sp³-hybridized carbons (Fsp3) is 0.357. The second-order valence-electron chi connectivity index (χ2n) is 5.29. The highest BCUT2D eigenvalue weighted by Crippen LogP contribution is 2.23. The van der Waals surface area contributed by atoms with E-state index >= 15 is 0 Å². The summed E-state index contributed by atoms with van der Waals surface area (Å²) in [4.78, 5) is 18.0. The van der Waals surface area contributed by atoms with Gasteiger partial charge < -0.3 is 9.64 Å². The number of methoxy groups -OCH3 is 1. The van der Waals surface area contributed by atoms with Gasteiger partial charge in [0.1, 0.15) is 4.90 Å². The molecule has 0 radical (unpaired) electrons. The number of carbonyl (C=O) groups is 1. The summed E-state index contributed by atoms with van der Waals surface area (Å²) in [6, 6.07) is 3.33. The number of pyridine rings is 1. The lowest BCUT2D eigenvalue weighted by Crippen LogP contribution is -2.52. The Kier molecular flexibility index (Phi) is 4.24. The van der Waals surface area contributed by atoms with E-state index in [-0.39, 0.29) is 30.4 Å². The molecule has 3 rings (SSSR count).